The Morgan fingerprint density at radius 2 is 1.88 bits per heavy atom. The number of benzene rings is 3. The molecule has 3 aromatic carbocycles. The number of nitrogens with zero attached hydrogens (tertiary/aromatic N) is 3. The van der Waals surface area contributed by atoms with Crippen molar-refractivity contribution in [1.82, 2.24) is 0 Å². The number of carbonyl (C=O) groups is 1. The molecule has 1 atom stereocenters. The van der Waals surface area contributed by atoms with Crippen LogP contribution in [0.15, 0.2) is 71.2 Å². The molecule has 0 aromatic heterocycles. The Kier molecular flexibility index (Phi) is 7.95. The van der Waals surface area contributed by atoms with Crippen LogP contribution >= 0.6 is 23.2 Å². The van der Waals surface area contributed by atoms with Gasteiger partial charge < -0.3 is 10.5 Å². The summed E-state index contributed by atoms with van der Waals surface area (Å²) in [4.78, 5) is 26.1. The van der Waals surface area contributed by atoms with E-state index in [2.05, 4.69) is 6.07 Å². The summed E-state index contributed by atoms with van der Waals surface area (Å²) in [5.41, 5.74) is 11.0. The first-order valence-corrected chi connectivity index (χ1v) is 13.8. The number of nitrogens with two attached hydrogens (primary N) is 1. The van der Waals surface area contributed by atoms with Crippen LogP contribution in [0.5, 0.6) is 5.75 Å². The molecule has 1 heterocycles. The molecule has 0 bridgehead atoms. The van der Waals surface area contributed by atoms with Gasteiger partial charge in [-0.3, -0.25) is 19.8 Å². The SMILES string of the molecule is Cc1cc(C)c(C2C(C#N)=C(N)N(c3cc([N+](=O)[O-])ccc3Cl)C3=C2C(=O)CCC3)cc1COc1ccc(F)cc1Cl. The Balaban J connectivity index is 1.65. The fourth-order valence-corrected chi connectivity index (χ4v) is 6.01. The largest absolute Gasteiger partial charge is 0.487 e. The Morgan fingerprint density at radius 1 is 1.12 bits per heavy atom. The van der Waals surface area contributed by atoms with Gasteiger partial charge in [-0.05, 0) is 73.2 Å². The van der Waals surface area contributed by atoms with E-state index in [0.717, 1.165) is 16.7 Å². The van der Waals surface area contributed by atoms with Gasteiger partial charge in [0.15, 0.2) is 5.78 Å². The molecular formula is C31H25Cl2FN4O4. The van der Waals surface area contributed by atoms with E-state index in [9.17, 15) is 24.6 Å². The van der Waals surface area contributed by atoms with Crippen LogP contribution < -0.4 is 15.4 Å². The normalized spacial score (nSPS) is 16.8. The van der Waals surface area contributed by atoms with E-state index in [-0.39, 0.29) is 51.6 Å². The Labute approximate surface area is 251 Å². The predicted molar refractivity (Wildman–Crippen MR) is 158 cm³/mol. The number of nitriles is 1. The standard InChI is InChI=1S/C31H25Cl2FN4O4/c1-16-10-17(2)21(11-18(16)15-42-28-9-6-19(34)12-24(28)33)29-22(14-35)31(36)37(25-4-3-5-27(39)30(25)29)26-13-20(38(40)41)7-8-23(26)32/h6-13,29H,3-5,15,36H2,1-2H3. The Hall–Kier alpha value is -4.39. The van der Waals surface area contributed by atoms with Crippen molar-refractivity contribution >= 4 is 40.4 Å². The third kappa shape index (κ3) is 5.20. The van der Waals surface area contributed by atoms with Gasteiger partial charge in [-0.2, -0.15) is 5.26 Å². The van der Waals surface area contributed by atoms with Crippen LogP contribution in [0.3, 0.4) is 0 Å². The van der Waals surface area contributed by atoms with E-state index in [1.807, 2.05) is 26.0 Å². The molecule has 0 fully saturated rings. The molecule has 42 heavy (non-hydrogen) atoms. The van der Waals surface area contributed by atoms with E-state index in [0.29, 0.717) is 35.4 Å². The molecule has 8 nitrogen and oxygen atoms in total. The van der Waals surface area contributed by atoms with Crippen molar-refractivity contribution < 1.29 is 18.8 Å². The summed E-state index contributed by atoms with van der Waals surface area (Å²) in [5.74, 6) is -1.01. The number of carbonyl (C=O) groups excluding carboxylic acids is 1. The van der Waals surface area contributed by atoms with E-state index in [1.54, 1.807) is 0 Å². The number of ketones is 1. The minimum atomic E-state index is -0.764. The summed E-state index contributed by atoms with van der Waals surface area (Å²) in [7, 11) is 0. The number of nitro groups is 1. The molecule has 2 aliphatic rings. The first-order valence-electron chi connectivity index (χ1n) is 13.1. The van der Waals surface area contributed by atoms with Crippen molar-refractivity contribution in [2.24, 2.45) is 5.73 Å². The number of hydrogen-bond donors (Lipinski definition) is 1. The van der Waals surface area contributed by atoms with Crippen LogP contribution in [0.1, 0.15) is 47.4 Å². The number of nitro benzene ring substituents is 1. The summed E-state index contributed by atoms with van der Waals surface area (Å²) in [6, 6.07) is 13.9. The number of rotatable bonds is 6. The second-order valence-electron chi connectivity index (χ2n) is 10.2. The van der Waals surface area contributed by atoms with Crippen LogP contribution in [0.4, 0.5) is 15.8 Å². The van der Waals surface area contributed by atoms with E-state index in [4.69, 9.17) is 33.7 Å². The lowest BCUT2D eigenvalue weighted by molar-refractivity contribution is -0.384. The lowest BCUT2D eigenvalue weighted by Gasteiger charge is -2.40. The number of allylic oxidation sites excluding steroid dienone is 3. The number of anilines is 1. The number of hydrogen-bond acceptors (Lipinski definition) is 7. The maximum absolute atomic E-state index is 13.6. The van der Waals surface area contributed by atoms with Gasteiger partial charge in [0.1, 0.15) is 24.0 Å². The minimum Gasteiger partial charge on any atom is -0.487 e. The van der Waals surface area contributed by atoms with Crippen LogP contribution in [0, 0.1) is 41.1 Å². The molecule has 2 N–H and O–H groups in total. The summed E-state index contributed by atoms with van der Waals surface area (Å²) >= 11 is 12.6. The highest BCUT2D eigenvalue weighted by Crippen LogP contribution is 2.48. The molecule has 0 radical (unpaired) electrons. The molecule has 0 spiro atoms. The van der Waals surface area contributed by atoms with Crippen molar-refractivity contribution in [2.75, 3.05) is 4.90 Å². The zero-order chi connectivity index (χ0) is 30.3. The lowest BCUT2D eigenvalue weighted by Crippen LogP contribution is -2.39. The van der Waals surface area contributed by atoms with Crippen LogP contribution in [0.2, 0.25) is 10.0 Å². The molecule has 5 rings (SSSR count). The maximum Gasteiger partial charge on any atom is 0.271 e. The average molecular weight is 607 g/mol. The van der Waals surface area contributed by atoms with Crippen molar-refractivity contribution in [3.63, 3.8) is 0 Å². The molecule has 214 valence electrons. The highest BCUT2D eigenvalue weighted by molar-refractivity contribution is 6.33. The number of aryl methyl sites for hydroxylation is 2. The molecule has 1 aliphatic heterocycles. The maximum atomic E-state index is 13.6. The monoisotopic (exact) mass is 606 g/mol. The van der Waals surface area contributed by atoms with Crippen LogP contribution in [-0.4, -0.2) is 10.7 Å². The second kappa shape index (κ2) is 11.5. The summed E-state index contributed by atoms with van der Waals surface area (Å²) < 4.78 is 19.4. The summed E-state index contributed by atoms with van der Waals surface area (Å²) in [6.45, 7) is 3.92. The fraction of sp³-hybridized carbons (Fsp3) is 0.226. The van der Waals surface area contributed by atoms with E-state index < -0.39 is 16.7 Å². The van der Waals surface area contributed by atoms with E-state index >= 15 is 0 Å². The highest BCUT2D eigenvalue weighted by atomic mass is 35.5. The third-order valence-corrected chi connectivity index (χ3v) is 8.22. The van der Waals surface area contributed by atoms with Gasteiger partial charge in [0, 0.05) is 29.8 Å². The molecule has 0 saturated carbocycles. The number of non-ortho nitro benzene ring substituents is 1. The van der Waals surface area contributed by atoms with E-state index in [1.165, 1.54) is 41.3 Å². The molecule has 0 amide bonds. The summed E-state index contributed by atoms with van der Waals surface area (Å²) in [5, 5.41) is 22.3. The van der Waals surface area contributed by atoms with Gasteiger partial charge in [0.2, 0.25) is 0 Å². The van der Waals surface area contributed by atoms with Gasteiger partial charge >= 0.3 is 0 Å². The quantitative estimate of drug-likeness (QED) is 0.227. The van der Waals surface area contributed by atoms with Crippen LogP contribution in [-0.2, 0) is 11.4 Å². The molecule has 3 aromatic rings. The Bertz CT molecular complexity index is 1760. The topological polar surface area (TPSA) is 122 Å². The molecule has 0 saturated heterocycles. The first-order chi connectivity index (χ1) is 20.0. The van der Waals surface area contributed by atoms with Crippen molar-refractivity contribution in [1.29, 1.82) is 5.26 Å². The smallest absolute Gasteiger partial charge is 0.271 e. The molecule has 1 unspecified atom stereocenters. The second-order valence-corrected chi connectivity index (χ2v) is 11.0. The van der Waals surface area contributed by atoms with Crippen molar-refractivity contribution in [3.8, 4) is 11.8 Å². The highest BCUT2D eigenvalue weighted by Gasteiger charge is 2.41. The predicted octanol–water partition coefficient (Wildman–Crippen LogP) is 7.54. The Morgan fingerprint density at radius 3 is 2.57 bits per heavy atom. The molecular weight excluding hydrogens is 582 g/mol. The summed E-state index contributed by atoms with van der Waals surface area (Å²) in [6.07, 6.45) is 1.29. The van der Waals surface area contributed by atoms with Gasteiger partial charge in [-0.1, -0.05) is 35.3 Å². The minimum absolute atomic E-state index is 0.0502. The fourth-order valence-electron chi connectivity index (χ4n) is 5.59. The lowest BCUT2D eigenvalue weighted by atomic mass is 9.74. The average Bonchev–Trinajstić information content (AvgIpc) is 2.93. The van der Waals surface area contributed by atoms with Gasteiger partial charge in [0.25, 0.3) is 5.69 Å². The van der Waals surface area contributed by atoms with Gasteiger partial charge in [0.05, 0.1) is 38.2 Å². The van der Waals surface area contributed by atoms with Gasteiger partial charge in [-0.15, -0.1) is 0 Å². The van der Waals surface area contributed by atoms with Gasteiger partial charge in [-0.25, -0.2) is 4.39 Å². The molecule has 11 heteroatoms. The third-order valence-electron chi connectivity index (χ3n) is 7.61. The van der Waals surface area contributed by atoms with Crippen molar-refractivity contribution in [2.45, 2.75) is 45.6 Å². The molecule has 1 aliphatic carbocycles. The number of halogens is 3. The van der Waals surface area contributed by atoms with Crippen LogP contribution in [0.25, 0.3) is 0 Å². The van der Waals surface area contributed by atoms with Crippen molar-refractivity contribution in [3.05, 3.63) is 119 Å². The number of ether oxygens (including phenoxy) is 1. The zero-order valence-electron chi connectivity index (χ0n) is 22.7. The zero-order valence-corrected chi connectivity index (χ0v) is 24.2. The first kappa shape index (κ1) is 29.1. The number of Topliss-reactive ketones (excluding diaryl/α,β-unsaturated/α-hetero) is 1.